The molecular weight excluding hydrogens is 353 g/mol. The molecule has 1 nitrogen and oxygen atoms in total. The molecule has 1 atom stereocenters. The number of fused-ring (bicyclic) bond motifs is 1. The number of benzene rings is 1. The fraction of sp³-hybridized carbons (Fsp3) is 0.333. The molecule has 0 amide bonds. The third kappa shape index (κ3) is 2.57. The van der Waals surface area contributed by atoms with E-state index in [0.29, 0.717) is 6.04 Å². The Hall–Kier alpha value is -0.550. The van der Waals surface area contributed by atoms with Crippen molar-refractivity contribution in [1.29, 1.82) is 0 Å². The number of rotatable bonds is 2. The lowest BCUT2D eigenvalue weighted by molar-refractivity contribution is 0.609. The van der Waals surface area contributed by atoms with Crippen LogP contribution in [0.3, 0.4) is 0 Å². The molecule has 0 aliphatic heterocycles. The highest BCUT2D eigenvalue weighted by Gasteiger charge is 2.22. The molecule has 0 bridgehead atoms. The van der Waals surface area contributed by atoms with Gasteiger partial charge in [0.15, 0.2) is 0 Å². The van der Waals surface area contributed by atoms with Crippen LogP contribution in [0.4, 0.5) is 5.69 Å². The summed E-state index contributed by atoms with van der Waals surface area (Å²) in [5.41, 5.74) is 4.07. The Labute approximate surface area is 126 Å². The van der Waals surface area contributed by atoms with Gasteiger partial charge in [-0.25, -0.2) is 0 Å². The second kappa shape index (κ2) is 5.21. The van der Waals surface area contributed by atoms with E-state index < -0.39 is 0 Å². The number of nitrogens with one attached hydrogen (secondary N) is 1. The van der Waals surface area contributed by atoms with Crippen LogP contribution in [0.15, 0.2) is 30.3 Å². The van der Waals surface area contributed by atoms with Crippen molar-refractivity contribution in [2.75, 3.05) is 5.32 Å². The van der Waals surface area contributed by atoms with Crippen LogP contribution in [0.1, 0.15) is 34.9 Å². The average Bonchev–Trinajstić information content (AvgIpc) is 2.73. The van der Waals surface area contributed by atoms with E-state index in [1.54, 1.807) is 4.88 Å². The quantitative estimate of drug-likeness (QED) is 0.722. The van der Waals surface area contributed by atoms with Crippen LogP contribution in [-0.4, -0.2) is 0 Å². The highest BCUT2D eigenvalue weighted by molar-refractivity contribution is 14.1. The topological polar surface area (TPSA) is 12.0 Å². The molecule has 0 spiro atoms. The second-order valence-electron chi connectivity index (χ2n) is 4.88. The van der Waals surface area contributed by atoms with Crippen molar-refractivity contribution >= 4 is 39.6 Å². The van der Waals surface area contributed by atoms with Gasteiger partial charge in [0.1, 0.15) is 0 Å². The lowest BCUT2D eigenvalue weighted by atomic mass is 9.94. The van der Waals surface area contributed by atoms with Crippen LogP contribution in [-0.2, 0) is 6.42 Å². The molecule has 1 unspecified atom stereocenters. The van der Waals surface area contributed by atoms with Crippen molar-refractivity contribution in [3.05, 3.63) is 49.2 Å². The van der Waals surface area contributed by atoms with Gasteiger partial charge in [-0.2, -0.15) is 0 Å². The fourth-order valence-electron chi connectivity index (χ4n) is 2.52. The Morgan fingerprint density at radius 3 is 2.83 bits per heavy atom. The molecule has 1 aromatic carbocycles. The normalized spacial score (nSPS) is 18.4. The van der Waals surface area contributed by atoms with Gasteiger partial charge in [0.2, 0.25) is 0 Å². The molecule has 0 saturated carbocycles. The minimum Gasteiger partial charge on any atom is -0.378 e. The molecule has 18 heavy (non-hydrogen) atoms. The van der Waals surface area contributed by atoms with Crippen LogP contribution in [0, 0.1) is 9.81 Å². The average molecular weight is 369 g/mol. The van der Waals surface area contributed by atoms with E-state index in [-0.39, 0.29) is 0 Å². The first-order valence-corrected chi connectivity index (χ1v) is 8.23. The number of halogens is 1. The van der Waals surface area contributed by atoms with Crippen molar-refractivity contribution in [1.82, 2.24) is 0 Å². The maximum atomic E-state index is 3.68. The van der Waals surface area contributed by atoms with Crippen LogP contribution < -0.4 is 5.32 Å². The summed E-state index contributed by atoms with van der Waals surface area (Å²) >= 11 is 4.39. The number of aryl methyl sites for hydroxylation is 2. The van der Waals surface area contributed by atoms with Crippen LogP contribution in [0.25, 0.3) is 0 Å². The minimum atomic E-state index is 0.497. The van der Waals surface area contributed by atoms with Crippen molar-refractivity contribution in [2.45, 2.75) is 32.2 Å². The third-order valence-electron chi connectivity index (χ3n) is 3.48. The Kier molecular flexibility index (Phi) is 3.61. The summed E-state index contributed by atoms with van der Waals surface area (Å²) in [6, 6.07) is 11.6. The van der Waals surface area contributed by atoms with Gasteiger partial charge in [0.25, 0.3) is 0 Å². The van der Waals surface area contributed by atoms with Gasteiger partial charge < -0.3 is 5.32 Å². The molecule has 1 aliphatic carbocycles. The maximum absolute atomic E-state index is 3.68. The van der Waals surface area contributed by atoms with Gasteiger partial charge in [-0.15, -0.1) is 11.3 Å². The van der Waals surface area contributed by atoms with E-state index in [4.69, 9.17) is 0 Å². The first kappa shape index (κ1) is 12.5. The van der Waals surface area contributed by atoms with E-state index in [2.05, 4.69) is 65.2 Å². The Bertz CT molecular complexity index is 544. The SMILES string of the molecule is Cc1ccc(NC2CCCc3sc(I)cc32)cc1. The molecule has 0 fully saturated rings. The van der Waals surface area contributed by atoms with Gasteiger partial charge in [-0.05, 0) is 72.5 Å². The summed E-state index contributed by atoms with van der Waals surface area (Å²) in [6.07, 6.45) is 3.80. The number of anilines is 1. The summed E-state index contributed by atoms with van der Waals surface area (Å²) in [7, 11) is 0. The summed E-state index contributed by atoms with van der Waals surface area (Å²) in [5.74, 6) is 0. The summed E-state index contributed by atoms with van der Waals surface area (Å²) in [6.45, 7) is 2.13. The molecule has 2 aromatic rings. The first-order valence-electron chi connectivity index (χ1n) is 6.34. The maximum Gasteiger partial charge on any atom is 0.0660 e. The van der Waals surface area contributed by atoms with Gasteiger partial charge in [0, 0.05) is 10.6 Å². The molecule has 1 heterocycles. The van der Waals surface area contributed by atoms with Crippen molar-refractivity contribution in [2.24, 2.45) is 0 Å². The predicted molar refractivity (Wildman–Crippen MR) is 87.5 cm³/mol. The Morgan fingerprint density at radius 2 is 2.06 bits per heavy atom. The summed E-state index contributed by atoms with van der Waals surface area (Å²) in [5, 5.41) is 3.68. The van der Waals surface area contributed by atoms with Crippen molar-refractivity contribution in [3.8, 4) is 0 Å². The predicted octanol–water partition coefficient (Wildman–Crippen LogP) is 5.15. The van der Waals surface area contributed by atoms with Gasteiger partial charge in [0.05, 0.1) is 8.93 Å². The van der Waals surface area contributed by atoms with Crippen LogP contribution in [0.2, 0.25) is 0 Å². The van der Waals surface area contributed by atoms with Crippen molar-refractivity contribution in [3.63, 3.8) is 0 Å². The first-order chi connectivity index (χ1) is 8.72. The smallest absolute Gasteiger partial charge is 0.0660 e. The zero-order chi connectivity index (χ0) is 12.5. The number of hydrogen-bond donors (Lipinski definition) is 1. The standard InChI is InChI=1S/C15H16INS/c1-10-5-7-11(8-6-10)17-13-3-2-4-14-12(13)9-15(16)18-14/h5-9,13,17H,2-4H2,1H3. The minimum absolute atomic E-state index is 0.497. The lowest BCUT2D eigenvalue weighted by Crippen LogP contribution is -2.15. The molecule has 1 aromatic heterocycles. The highest BCUT2D eigenvalue weighted by Crippen LogP contribution is 2.38. The zero-order valence-corrected chi connectivity index (χ0v) is 13.3. The lowest BCUT2D eigenvalue weighted by Gasteiger charge is -2.24. The molecular formula is C15H16INS. The molecule has 1 aliphatic rings. The molecule has 0 radical (unpaired) electrons. The molecule has 0 saturated heterocycles. The largest absolute Gasteiger partial charge is 0.378 e. The van der Waals surface area contributed by atoms with Crippen LogP contribution in [0.5, 0.6) is 0 Å². The van der Waals surface area contributed by atoms with E-state index in [0.717, 1.165) is 0 Å². The van der Waals surface area contributed by atoms with E-state index >= 15 is 0 Å². The summed E-state index contributed by atoms with van der Waals surface area (Å²) in [4.78, 5) is 1.58. The molecule has 3 rings (SSSR count). The fourth-order valence-corrected chi connectivity index (χ4v) is 4.64. The molecule has 1 N–H and O–H groups in total. The molecule has 3 heteroatoms. The third-order valence-corrected chi connectivity index (χ3v) is 5.45. The number of thiophene rings is 1. The van der Waals surface area contributed by atoms with E-state index in [9.17, 15) is 0 Å². The monoisotopic (exact) mass is 369 g/mol. The second-order valence-corrected chi connectivity index (χ2v) is 7.92. The van der Waals surface area contributed by atoms with Crippen LogP contribution >= 0.6 is 33.9 Å². The van der Waals surface area contributed by atoms with Gasteiger partial charge in [-0.1, -0.05) is 17.7 Å². The number of hydrogen-bond acceptors (Lipinski definition) is 2. The Balaban J connectivity index is 1.83. The zero-order valence-electron chi connectivity index (χ0n) is 10.4. The van der Waals surface area contributed by atoms with Gasteiger partial charge in [-0.3, -0.25) is 0 Å². The highest BCUT2D eigenvalue weighted by atomic mass is 127. The summed E-state index contributed by atoms with van der Waals surface area (Å²) < 4.78 is 1.41. The van der Waals surface area contributed by atoms with Gasteiger partial charge >= 0.3 is 0 Å². The molecule has 94 valence electrons. The van der Waals surface area contributed by atoms with E-state index in [1.165, 1.54) is 39.0 Å². The Morgan fingerprint density at radius 1 is 1.28 bits per heavy atom. The van der Waals surface area contributed by atoms with E-state index in [1.807, 2.05) is 11.3 Å². The van der Waals surface area contributed by atoms with Crippen molar-refractivity contribution < 1.29 is 0 Å².